The van der Waals surface area contributed by atoms with Crippen molar-refractivity contribution in [1.82, 2.24) is 0 Å². The molecule has 3 aromatic rings. The van der Waals surface area contributed by atoms with Gasteiger partial charge in [0, 0.05) is 6.61 Å². The summed E-state index contributed by atoms with van der Waals surface area (Å²) in [6, 6.07) is 20.2. The maximum Gasteiger partial charge on any atom is 0.337 e. The molecular weight excluding hydrogens is 352 g/mol. The van der Waals surface area contributed by atoms with Gasteiger partial charge >= 0.3 is 5.97 Å². The largest absolute Gasteiger partial charge is 0.465 e. The average Bonchev–Trinajstić information content (AvgIpc) is 2.77. The highest BCUT2D eigenvalue weighted by molar-refractivity contribution is 5.96. The van der Waals surface area contributed by atoms with Gasteiger partial charge in [0.15, 0.2) is 6.29 Å². The van der Waals surface area contributed by atoms with E-state index in [9.17, 15) is 4.79 Å². The molecule has 1 saturated heterocycles. The predicted molar refractivity (Wildman–Crippen MR) is 109 cm³/mol. The number of ether oxygens (including phenoxy) is 3. The number of hydrogen-bond acceptors (Lipinski definition) is 4. The Kier molecular flexibility index (Phi) is 5.70. The monoisotopic (exact) mass is 376 g/mol. The van der Waals surface area contributed by atoms with Crippen LogP contribution in [0.25, 0.3) is 21.9 Å². The van der Waals surface area contributed by atoms with Crippen molar-refractivity contribution in [2.45, 2.75) is 32.2 Å². The Labute approximate surface area is 165 Å². The molecule has 0 bridgehead atoms. The number of carbonyl (C=O) groups excluding carboxylic acids is 1. The van der Waals surface area contributed by atoms with Crippen molar-refractivity contribution < 1.29 is 19.0 Å². The summed E-state index contributed by atoms with van der Waals surface area (Å²) >= 11 is 0. The Morgan fingerprint density at radius 1 is 1.00 bits per heavy atom. The van der Waals surface area contributed by atoms with Crippen LogP contribution in [0.5, 0.6) is 0 Å². The zero-order valence-corrected chi connectivity index (χ0v) is 16.0. The summed E-state index contributed by atoms with van der Waals surface area (Å²) in [5.41, 5.74) is 3.90. The van der Waals surface area contributed by atoms with Crippen LogP contribution in [-0.4, -0.2) is 26.0 Å². The molecule has 0 aliphatic carbocycles. The zero-order valence-electron chi connectivity index (χ0n) is 16.0. The van der Waals surface area contributed by atoms with Crippen LogP contribution in [-0.2, 0) is 20.8 Å². The topological polar surface area (TPSA) is 44.8 Å². The minimum Gasteiger partial charge on any atom is -0.465 e. The van der Waals surface area contributed by atoms with Gasteiger partial charge < -0.3 is 14.2 Å². The number of rotatable bonds is 5. The molecule has 4 rings (SSSR count). The molecule has 0 saturated carbocycles. The first-order valence-corrected chi connectivity index (χ1v) is 9.67. The van der Waals surface area contributed by atoms with Crippen molar-refractivity contribution in [2.24, 2.45) is 0 Å². The van der Waals surface area contributed by atoms with Gasteiger partial charge in [-0.2, -0.15) is 0 Å². The number of benzene rings is 3. The number of methoxy groups -OCH3 is 1. The highest BCUT2D eigenvalue weighted by Gasteiger charge is 2.14. The number of carbonyl (C=O) groups is 1. The molecule has 0 amide bonds. The third kappa shape index (κ3) is 4.24. The second kappa shape index (κ2) is 8.55. The minimum atomic E-state index is -0.323. The van der Waals surface area contributed by atoms with Crippen LogP contribution in [0, 0.1) is 0 Å². The molecular formula is C24H24O4. The fourth-order valence-electron chi connectivity index (χ4n) is 3.54. The van der Waals surface area contributed by atoms with Crippen LogP contribution in [0.4, 0.5) is 0 Å². The van der Waals surface area contributed by atoms with Gasteiger partial charge in [0.25, 0.3) is 0 Å². The second-order valence-corrected chi connectivity index (χ2v) is 7.08. The Hall–Kier alpha value is -2.69. The van der Waals surface area contributed by atoms with Gasteiger partial charge in [-0.05, 0) is 71.0 Å². The van der Waals surface area contributed by atoms with Crippen LogP contribution < -0.4 is 0 Å². The molecule has 28 heavy (non-hydrogen) atoms. The van der Waals surface area contributed by atoms with Gasteiger partial charge in [-0.15, -0.1) is 0 Å². The Morgan fingerprint density at radius 2 is 1.86 bits per heavy atom. The van der Waals surface area contributed by atoms with Crippen LogP contribution in [0.15, 0.2) is 60.7 Å². The van der Waals surface area contributed by atoms with Crippen LogP contribution in [0.2, 0.25) is 0 Å². The zero-order chi connectivity index (χ0) is 19.3. The van der Waals surface area contributed by atoms with E-state index in [0.29, 0.717) is 12.2 Å². The van der Waals surface area contributed by atoms with Crippen molar-refractivity contribution in [3.8, 4) is 11.1 Å². The van der Waals surface area contributed by atoms with Crippen molar-refractivity contribution in [3.05, 3.63) is 71.8 Å². The molecule has 1 atom stereocenters. The van der Waals surface area contributed by atoms with E-state index in [4.69, 9.17) is 14.2 Å². The Bertz CT molecular complexity index is 973. The third-order valence-corrected chi connectivity index (χ3v) is 5.10. The molecule has 1 fully saturated rings. The highest BCUT2D eigenvalue weighted by atomic mass is 16.7. The van der Waals surface area contributed by atoms with Crippen molar-refractivity contribution in [1.29, 1.82) is 0 Å². The van der Waals surface area contributed by atoms with E-state index in [1.54, 1.807) is 6.07 Å². The average molecular weight is 376 g/mol. The smallest absolute Gasteiger partial charge is 0.337 e. The maximum atomic E-state index is 11.8. The van der Waals surface area contributed by atoms with E-state index in [1.807, 2.05) is 18.2 Å². The lowest BCUT2D eigenvalue weighted by molar-refractivity contribution is -0.168. The summed E-state index contributed by atoms with van der Waals surface area (Å²) < 4.78 is 16.4. The molecule has 0 N–H and O–H groups in total. The molecule has 1 heterocycles. The first kappa shape index (κ1) is 18.7. The maximum absolute atomic E-state index is 11.8. The quantitative estimate of drug-likeness (QED) is 0.564. The third-order valence-electron chi connectivity index (χ3n) is 5.10. The fraction of sp³-hybridized carbons (Fsp3) is 0.292. The summed E-state index contributed by atoms with van der Waals surface area (Å²) in [5, 5.41) is 2.10. The van der Waals surface area contributed by atoms with E-state index < -0.39 is 0 Å². The molecule has 1 aliphatic heterocycles. The van der Waals surface area contributed by atoms with Crippen LogP contribution >= 0.6 is 0 Å². The van der Waals surface area contributed by atoms with Gasteiger partial charge in [0.2, 0.25) is 0 Å². The normalized spacial score (nSPS) is 16.8. The van der Waals surface area contributed by atoms with E-state index >= 15 is 0 Å². The first-order valence-electron chi connectivity index (χ1n) is 9.67. The van der Waals surface area contributed by atoms with Crippen LogP contribution in [0.3, 0.4) is 0 Å². The molecule has 4 heteroatoms. The fourth-order valence-corrected chi connectivity index (χ4v) is 3.54. The lowest BCUT2D eigenvalue weighted by Gasteiger charge is -2.22. The van der Waals surface area contributed by atoms with E-state index in [-0.39, 0.29) is 12.3 Å². The van der Waals surface area contributed by atoms with Gasteiger partial charge in [-0.25, -0.2) is 4.79 Å². The van der Waals surface area contributed by atoms with Crippen molar-refractivity contribution in [3.63, 3.8) is 0 Å². The van der Waals surface area contributed by atoms with Gasteiger partial charge in [-0.1, -0.05) is 36.4 Å². The number of hydrogen-bond donors (Lipinski definition) is 0. The molecule has 4 nitrogen and oxygen atoms in total. The molecule has 0 spiro atoms. The summed E-state index contributed by atoms with van der Waals surface area (Å²) in [7, 11) is 1.40. The lowest BCUT2D eigenvalue weighted by Crippen LogP contribution is -2.21. The SMILES string of the molecule is COC(=O)c1ccc2ccc(-c3cccc(COC4CCCCO4)c3)cc2c1. The van der Waals surface area contributed by atoms with E-state index in [2.05, 4.69) is 36.4 Å². The van der Waals surface area contributed by atoms with E-state index in [1.165, 1.54) is 7.11 Å². The molecule has 144 valence electrons. The molecule has 0 radical (unpaired) electrons. The number of esters is 1. The van der Waals surface area contributed by atoms with Gasteiger partial charge in [-0.3, -0.25) is 0 Å². The first-order chi connectivity index (χ1) is 13.7. The van der Waals surface area contributed by atoms with Gasteiger partial charge in [0.05, 0.1) is 19.3 Å². The summed E-state index contributed by atoms with van der Waals surface area (Å²) in [4.78, 5) is 11.8. The molecule has 1 aliphatic rings. The van der Waals surface area contributed by atoms with Gasteiger partial charge in [0.1, 0.15) is 0 Å². The molecule has 1 unspecified atom stereocenters. The van der Waals surface area contributed by atoms with Crippen molar-refractivity contribution in [2.75, 3.05) is 13.7 Å². The molecule has 0 aromatic heterocycles. The summed E-state index contributed by atoms with van der Waals surface area (Å²) in [6.45, 7) is 1.33. The summed E-state index contributed by atoms with van der Waals surface area (Å²) in [5.74, 6) is -0.323. The summed E-state index contributed by atoms with van der Waals surface area (Å²) in [6.07, 6.45) is 3.16. The highest BCUT2D eigenvalue weighted by Crippen LogP contribution is 2.27. The Morgan fingerprint density at radius 3 is 2.68 bits per heavy atom. The lowest BCUT2D eigenvalue weighted by atomic mass is 9.99. The molecule has 3 aromatic carbocycles. The van der Waals surface area contributed by atoms with E-state index in [0.717, 1.165) is 53.3 Å². The predicted octanol–water partition coefficient (Wildman–Crippen LogP) is 5.34. The minimum absolute atomic E-state index is 0.0881. The standard InChI is InChI=1S/C24H24O4/c1-26-24(25)21-11-9-18-8-10-20(14-22(18)15-21)19-6-4-5-17(13-19)16-28-23-7-2-3-12-27-23/h4-6,8-11,13-15,23H,2-3,7,12,16H2,1H3. The Balaban J connectivity index is 1.55. The van der Waals surface area contributed by atoms with Crippen molar-refractivity contribution >= 4 is 16.7 Å². The second-order valence-electron chi connectivity index (χ2n) is 7.08. The number of fused-ring (bicyclic) bond motifs is 1. The van der Waals surface area contributed by atoms with Crippen LogP contribution in [0.1, 0.15) is 35.2 Å².